The monoisotopic (exact) mass is 420 g/mol. The van der Waals surface area contributed by atoms with E-state index < -0.39 is 52.0 Å². The number of hydrogen-bond acceptors (Lipinski definition) is 2. The molecule has 0 radical (unpaired) electrons. The highest BCUT2D eigenvalue weighted by Crippen LogP contribution is 2.39. The van der Waals surface area contributed by atoms with Crippen LogP contribution in [-0.4, -0.2) is 22.2 Å². The molecule has 0 heterocycles. The molecule has 0 aliphatic rings. The fourth-order valence-corrected chi connectivity index (χ4v) is 2.88. The summed E-state index contributed by atoms with van der Waals surface area (Å²) in [7, 11) is 0. The van der Waals surface area contributed by atoms with Gasteiger partial charge in [-0.1, -0.05) is 26.0 Å². The summed E-state index contributed by atoms with van der Waals surface area (Å²) in [6.07, 6.45) is -9.83. The predicted octanol–water partition coefficient (Wildman–Crippen LogP) is 5.45. The molecule has 29 heavy (non-hydrogen) atoms. The minimum Gasteiger partial charge on any atom is -0.478 e. The minimum absolute atomic E-state index is 0.0546. The Labute approximate surface area is 160 Å². The van der Waals surface area contributed by atoms with Crippen molar-refractivity contribution in [2.24, 2.45) is 0 Å². The third kappa shape index (κ3) is 4.36. The highest BCUT2D eigenvalue weighted by atomic mass is 19.4. The van der Waals surface area contributed by atoms with Crippen LogP contribution in [0.25, 0.3) is 0 Å². The maximum atomic E-state index is 13.0. The Morgan fingerprint density at radius 2 is 1.00 bits per heavy atom. The minimum atomic E-state index is -4.92. The summed E-state index contributed by atoms with van der Waals surface area (Å²) in [6.45, 7) is 2.85. The lowest BCUT2D eigenvalue weighted by Crippen LogP contribution is -2.23. The molecule has 0 unspecified atom stereocenters. The van der Waals surface area contributed by atoms with Gasteiger partial charge in [-0.05, 0) is 35.4 Å². The van der Waals surface area contributed by atoms with Gasteiger partial charge in [0, 0.05) is 5.41 Å². The Hall–Kier alpha value is -3.04. The molecule has 0 aliphatic heterocycles. The molecule has 0 fully saturated rings. The van der Waals surface area contributed by atoms with E-state index in [2.05, 4.69) is 0 Å². The molecule has 0 aliphatic carbocycles. The van der Waals surface area contributed by atoms with Gasteiger partial charge in [0.25, 0.3) is 0 Å². The third-order valence-corrected chi connectivity index (χ3v) is 4.55. The van der Waals surface area contributed by atoms with Crippen molar-refractivity contribution in [2.75, 3.05) is 0 Å². The molecule has 2 rings (SSSR count). The normalized spacial score (nSPS) is 12.7. The zero-order valence-electron chi connectivity index (χ0n) is 14.9. The second kappa shape index (κ2) is 7.09. The molecule has 2 aromatic rings. The van der Waals surface area contributed by atoms with Crippen LogP contribution in [-0.2, 0) is 17.8 Å². The van der Waals surface area contributed by atoms with Crippen molar-refractivity contribution < 1.29 is 46.1 Å². The molecule has 0 amide bonds. The Morgan fingerprint density at radius 3 is 1.24 bits per heavy atom. The largest absolute Gasteiger partial charge is 0.478 e. The Bertz CT molecular complexity index is 896. The predicted molar refractivity (Wildman–Crippen MR) is 88.9 cm³/mol. The standard InChI is InChI=1S/C19H14F6O4/c1-17(2,9-3-5-13(18(20,21)22)11(7-9)15(26)27)10-4-6-14(19(23,24)25)12(8-10)16(28)29/h3-8H,1-2H3,(H,26,27)(H,28,29). The van der Waals surface area contributed by atoms with Gasteiger partial charge in [-0.25, -0.2) is 9.59 Å². The summed E-state index contributed by atoms with van der Waals surface area (Å²) in [6, 6.07) is 4.72. The van der Waals surface area contributed by atoms with Crippen molar-refractivity contribution in [1.29, 1.82) is 0 Å². The molecule has 156 valence electrons. The average Bonchev–Trinajstić information content (AvgIpc) is 2.58. The van der Waals surface area contributed by atoms with Gasteiger partial charge in [-0.3, -0.25) is 0 Å². The van der Waals surface area contributed by atoms with E-state index in [4.69, 9.17) is 10.2 Å². The summed E-state index contributed by atoms with van der Waals surface area (Å²) in [5, 5.41) is 18.3. The van der Waals surface area contributed by atoms with Crippen molar-refractivity contribution in [3.8, 4) is 0 Å². The molecule has 4 nitrogen and oxygen atoms in total. The van der Waals surface area contributed by atoms with Crippen LogP contribution in [0.1, 0.15) is 56.8 Å². The third-order valence-electron chi connectivity index (χ3n) is 4.55. The fourth-order valence-electron chi connectivity index (χ4n) is 2.88. The second-order valence-corrected chi connectivity index (χ2v) is 6.75. The molecule has 0 saturated carbocycles. The number of benzene rings is 2. The number of halogens is 6. The number of aromatic carboxylic acids is 2. The van der Waals surface area contributed by atoms with Crippen molar-refractivity contribution in [3.63, 3.8) is 0 Å². The Morgan fingerprint density at radius 1 is 0.690 bits per heavy atom. The summed E-state index contributed by atoms with van der Waals surface area (Å²) >= 11 is 0. The van der Waals surface area contributed by atoms with Crippen LogP contribution in [0.5, 0.6) is 0 Å². The van der Waals surface area contributed by atoms with Crippen molar-refractivity contribution in [1.82, 2.24) is 0 Å². The number of carboxylic acids is 2. The molecule has 0 saturated heterocycles. The zero-order chi connectivity index (χ0) is 22.4. The second-order valence-electron chi connectivity index (χ2n) is 6.75. The van der Waals surface area contributed by atoms with Gasteiger partial charge in [-0.15, -0.1) is 0 Å². The Balaban J connectivity index is 2.67. The molecular formula is C19H14F6O4. The average molecular weight is 420 g/mol. The lowest BCUT2D eigenvalue weighted by Gasteiger charge is -2.28. The molecule has 2 N–H and O–H groups in total. The molecular weight excluding hydrogens is 406 g/mol. The number of carboxylic acid groups (broad SMARTS) is 2. The SMILES string of the molecule is CC(C)(c1ccc(C(F)(F)F)c(C(=O)O)c1)c1ccc(C(F)(F)F)c(C(=O)O)c1. The molecule has 0 spiro atoms. The first-order chi connectivity index (χ1) is 13.1. The molecule has 10 heteroatoms. The first-order valence-corrected chi connectivity index (χ1v) is 7.97. The van der Waals surface area contributed by atoms with E-state index in [1.165, 1.54) is 13.8 Å². The lowest BCUT2D eigenvalue weighted by molar-refractivity contribution is -0.138. The van der Waals surface area contributed by atoms with Crippen LogP contribution in [0.4, 0.5) is 26.3 Å². The highest BCUT2D eigenvalue weighted by Gasteiger charge is 2.38. The number of carbonyl (C=O) groups is 2. The Kier molecular flexibility index (Phi) is 5.44. The molecule has 2 aromatic carbocycles. The van der Waals surface area contributed by atoms with Crippen LogP contribution in [0, 0.1) is 0 Å². The summed E-state index contributed by atoms with van der Waals surface area (Å²) in [4.78, 5) is 22.6. The summed E-state index contributed by atoms with van der Waals surface area (Å²) in [5.74, 6) is -3.65. The van der Waals surface area contributed by atoms with Gasteiger partial charge in [0.2, 0.25) is 0 Å². The van der Waals surface area contributed by atoms with Crippen molar-refractivity contribution >= 4 is 11.9 Å². The van der Waals surface area contributed by atoms with E-state index >= 15 is 0 Å². The summed E-state index contributed by atoms with van der Waals surface area (Å²) in [5.41, 5.74) is -5.96. The van der Waals surface area contributed by atoms with Crippen LogP contribution in [0.2, 0.25) is 0 Å². The lowest BCUT2D eigenvalue weighted by atomic mass is 9.76. The number of alkyl halides is 6. The highest BCUT2D eigenvalue weighted by molar-refractivity contribution is 5.91. The molecule has 0 atom stereocenters. The quantitative estimate of drug-likeness (QED) is 0.646. The van der Waals surface area contributed by atoms with Crippen LogP contribution in [0.15, 0.2) is 36.4 Å². The van der Waals surface area contributed by atoms with Crippen LogP contribution < -0.4 is 0 Å². The van der Waals surface area contributed by atoms with Gasteiger partial charge in [0.05, 0.1) is 22.3 Å². The van der Waals surface area contributed by atoms with Crippen LogP contribution >= 0.6 is 0 Å². The van der Waals surface area contributed by atoms with Crippen molar-refractivity contribution in [2.45, 2.75) is 31.6 Å². The van der Waals surface area contributed by atoms with Crippen molar-refractivity contribution in [3.05, 3.63) is 69.8 Å². The van der Waals surface area contributed by atoms with E-state index in [0.29, 0.717) is 12.1 Å². The van der Waals surface area contributed by atoms with E-state index in [-0.39, 0.29) is 11.1 Å². The van der Waals surface area contributed by atoms with E-state index in [1.54, 1.807) is 0 Å². The van der Waals surface area contributed by atoms with E-state index in [1.807, 2.05) is 0 Å². The first-order valence-electron chi connectivity index (χ1n) is 7.97. The smallest absolute Gasteiger partial charge is 0.417 e. The van der Waals surface area contributed by atoms with Gasteiger partial charge >= 0.3 is 24.3 Å². The number of hydrogen-bond donors (Lipinski definition) is 2. The zero-order valence-corrected chi connectivity index (χ0v) is 14.9. The topological polar surface area (TPSA) is 74.6 Å². The summed E-state index contributed by atoms with van der Waals surface area (Å²) < 4.78 is 78.1. The van der Waals surface area contributed by atoms with Gasteiger partial charge in [-0.2, -0.15) is 26.3 Å². The maximum absolute atomic E-state index is 13.0. The molecule has 0 aromatic heterocycles. The van der Waals surface area contributed by atoms with E-state index in [0.717, 1.165) is 24.3 Å². The van der Waals surface area contributed by atoms with Gasteiger partial charge in [0.15, 0.2) is 0 Å². The first kappa shape index (κ1) is 22.3. The molecule has 0 bridgehead atoms. The number of rotatable bonds is 4. The van der Waals surface area contributed by atoms with Crippen LogP contribution in [0.3, 0.4) is 0 Å². The van der Waals surface area contributed by atoms with Gasteiger partial charge in [0.1, 0.15) is 0 Å². The van der Waals surface area contributed by atoms with E-state index in [9.17, 15) is 35.9 Å². The maximum Gasteiger partial charge on any atom is 0.417 e. The van der Waals surface area contributed by atoms with Gasteiger partial charge < -0.3 is 10.2 Å². The fraction of sp³-hybridized carbons (Fsp3) is 0.263.